The fraction of sp³-hybridized carbons (Fsp3) is 0.278. The van der Waals surface area contributed by atoms with Crippen molar-refractivity contribution in [3.05, 3.63) is 58.0 Å². The van der Waals surface area contributed by atoms with Crippen molar-refractivity contribution >= 4 is 47.5 Å². The molecule has 8 heteroatoms. The molecular weight excluding hydrogens is 434 g/mol. The minimum Gasteiger partial charge on any atom is -0.294 e. The lowest BCUT2D eigenvalue weighted by atomic mass is 10.3. The molecule has 0 aliphatic carbocycles. The molecule has 0 amide bonds. The molecule has 0 saturated carbocycles. The van der Waals surface area contributed by atoms with Gasteiger partial charge in [-0.15, -0.1) is 11.3 Å². The van der Waals surface area contributed by atoms with Crippen LogP contribution in [0.4, 0.5) is 0 Å². The minimum absolute atomic E-state index is 0.348. The third kappa shape index (κ3) is 3.70. The molecule has 1 aliphatic rings. The van der Waals surface area contributed by atoms with Crippen LogP contribution < -0.4 is 0 Å². The molecule has 4 rings (SSSR count). The Morgan fingerprint density at radius 2 is 1.69 bits per heavy atom. The van der Waals surface area contributed by atoms with E-state index in [0.717, 1.165) is 21.5 Å². The monoisotopic (exact) mass is 451 g/mol. The smallest absolute Gasteiger partial charge is 0.243 e. The second kappa shape index (κ2) is 7.36. The topological polar surface area (TPSA) is 53.5 Å². The van der Waals surface area contributed by atoms with Crippen molar-refractivity contribution in [3.63, 3.8) is 0 Å². The van der Waals surface area contributed by atoms with Gasteiger partial charge in [-0.1, -0.05) is 28.1 Å². The van der Waals surface area contributed by atoms with Crippen LogP contribution in [-0.4, -0.2) is 48.8 Å². The molecule has 0 spiro atoms. The Morgan fingerprint density at radius 3 is 2.38 bits per heavy atom. The summed E-state index contributed by atoms with van der Waals surface area (Å²) in [7, 11) is -3.42. The molecule has 1 saturated heterocycles. The van der Waals surface area contributed by atoms with E-state index in [0.29, 0.717) is 31.1 Å². The Bertz CT molecular complexity index is 977. The number of halogens is 1. The molecule has 1 aromatic heterocycles. The van der Waals surface area contributed by atoms with Gasteiger partial charge in [-0.2, -0.15) is 4.31 Å². The first kappa shape index (κ1) is 18.1. The lowest BCUT2D eigenvalue weighted by Gasteiger charge is -2.33. The van der Waals surface area contributed by atoms with Gasteiger partial charge in [-0.25, -0.2) is 13.4 Å². The van der Waals surface area contributed by atoms with Crippen LogP contribution in [0.5, 0.6) is 0 Å². The van der Waals surface area contributed by atoms with Crippen molar-refractivity contribution in [2.75, 3.05) is 26.2 Å². The maximum Gasteiger partial charge on any atom is 0.243 e. The number of piperazine rings is 1. The van der Waals surface area contributed by atoms with Crippen molar-refractivity contribution in [2.45, 2.75) is 11.4 Å². The summed E-state index contributed by atoms with van der Waals surface area (Å²) in [4.78, 5) is 7.29. The average Bonchev–Trinajstić information content (AvgIpc) is 3.05. The normalized spacial score (nSPS) is 17.0. The van der Waals surface area contributed by atoms with E-state index in [-0.39, 0.29) is 0 Å². The molecule has 0 radical (unpaired) electrons. The van der Waals surface area contributed by atoms with Crippen molar-refractivity contribution in [1.29, 1.82) is 0 Å². The molecule has 1 aliphatic heterocycles. The summed E-state index contributed by atoms with van der Waals surface area (Å²) < 4.78 is 29.2. The van der Waals surface area contributed by atoms with Crippen LogP contribution in [0.3, 0.4) is 0 Å². The Labute approximate surface area is 165 Å². The Hall–Kier alpha value is -1.32. The molecule has 2 heterocycles. The van der Waals surface area contributed by atoms with E-state index in [1.54, 1.807) is 39.9 Å². The lowest BCUT2D eigenvalue weighted by Crippen LogP contribution is -2.48. The summed E-state index contributed by atoms with van der Waals surface area (Å²) in [5, 5.41) is 1.08. The summed E-state index contributed by atoms with van der Waals surface area (Å²) in [5.74, 6) is 0. The van der Waals surface area contributed by atoms with Gasteiger partial charge in [0, 0.05) is 30.7 Å². The molecular formula is C18H18BrN3O2S2. The number of hydrogen-bond acceptors (Lipinski definition) is 5. The van der Waals surface area contributed by atoms with Gasteiger partial charge in [0.1, 0.15) is 5.01 Å². The lowest BCUT2D eigenvalue weighted by molar-refractivity contribution is 0.181. The Morgan fingerprint density at radius 1 is 1.00 bits per heavy atom. The van der Waals surface area contributed by atoms with E-state index in [9.17, 15) is 8.42 Å². The van der Waals surface area contributed by atoms with E-state index in [4.69, 9.17) is 0 Å². The van der Waals surface area contributed by atoms with Gasteiger partial charge >= 0.3 is 0 Å². The number of rotatable bonds is 4. The van der Waals surface area contributed by atoms with Gasteiger partial charge in [-0.3, -0.25) is 4.90 Å². The van der Waals surface area contributed by atoms with Gasteiger partial charge in [0.25, 0.3) is 0 Å². The highest BCUT2D eigenvalue weighted by Crippen LogP contribution is 2.24. The van der Waals surface area contributed by atoms with Gasteiger partial charge in [0.2, 0.25) is 10.0 Å². The number of benzene rings is 2. The minimum atomic E-state index is -3.42. The molecule has 0 N–H and O–H groups in total. The number of hydrogen-bond donors (Lipinski definition) is 0. The zero-order valence-electron chi connectivity index (χ0n) is 14.0. The van der Waals surface area contributed by atoms with Crippen molar-refractivity contribution in [3.8, 4) is 0 Å². The van der Waals surface area contributed by atoms with Crippen LogP contribution in [0.15, 0.2) is 57.9 Å². The largest absolute Gasteiger partial charge is 0.294 e. The second-order valence-electron chi connectivity index (χ2n) is 6.21. The Kier molecular flexibility index (Phi) is 5.11. The molecule has 1 fully saturated rings. The summed E-state index contributed by atoms with van der Waals surface area (Å²) in [6, 6.07) is 14.9. The van der Waals surface area contributed by atoms with E-state index in [1.165, 1.54) is 4.70 Å². The molecule has 26 heavy (non-hydrogen) atoms. The highest BCUT2D eigenvalue weighted by atomic mass is 79.9. The molecule has 2 aromatic carbocycles. The maximum atomic E-state index is 12.8. The first-order valence-corrected chi connectivity index (χ1v) is 11.4. The molecule has 0 atom stereocenters. The molecule has 136 valence electrons. The van der Waals surface area contributed by atoms with Crippen LogP contribution in [-0.2, 0) is 16.6 Å². The summed E-state index contributed by atoms with van der Waals surface area (Å²) in [6.07, 6.45) is 0. The molecule has 5 nitrogen and oxygen atoms in total. The summed E-state index contributed by atoms with van der Waals surface area (Å²) in [6.45, 7) is 3.20. The first-order valence-electron chi connectivity index (χ1n) is 8.35. The van der Waals surface area contributed by atoms with E-state index >= 15 is 0 Å². The van der Waals surface area contributed by atoms with Crippen molar-refractivity contribution in [1.82, 2.24) is 14.2 Å². The van der Waals surface area contributed by atoms with Crippen LogP contribution in [0.1, 0.15) is 5.01 Å². The summed E-state index contributed by atoms with van der Waals surface area (Å²) in [5.41, 5.74) is 1.03. The van der Waals surface area contributed by atoms with Crippen LogP contribution in [0.25, 0.3) is 10.2 Å². The van der Waals surface area contributed by atoms with Gasteiger partial charge in [0.05, 0.1) is 21.7 Å². The zero-order valence-corrected chi connectivity index (χ0v) is 17.2. The van der Waals surface area contributed by atoms with E-state index in [2.05, 4.69) is 31.9 Å². The average molecular weight is 452 g/mol. The second-order valence-corrected chi connectivity index (χ2v) is 10.2. The predicted octanol–water partition coefficient (Wildman–Crippen LogP) is 3.57. The predicted molar refractivity (Wildman–Crippen MR) is 108 cm³/mol. The number of thiazole rings is 1. The van der Waals surface area contributed by atoms with Gasteiger partial charge in [0.15, 0.2) is 0 Å². The highest BCUT2D eigenvalue weighted by Gasteiger charge is 2.28. The van der Waals surface area contributed by atoms with Gasteiger partial charge < -0.3 is 0 Å². The molecule has 0 bridgehead atoms. The maximum absolute atomic E-state index is 12.8. The first-order chi connectivity index (χ1) is 12.5. The zero-order chi connectivity index (χ0) is 18.1. The Balaban J connectivity index is 1.41. The number of aromatic nitrogens is 1. The number of sulfonamides is 1. The molecule has 0 unspecified atom stereocenters. The SMILES string of the molecule is O=S(=O)(c1ccc(Br)cc1)N1CCN(Cc2nc3ccccc3s2)CC1. The van der Waals surface area contributed by atoms with Crippen LogP contribution >= 0.6 is 27.3 Å². The fourth-order valence-electron chi connectivity index (χ4n) is 3.06. The molecule has 3 aromatic rings. The quantitative estimate of drug-likeness (QED) is 0.608. The van der Waals surface area contributed by atoms with E-state index in [1.807, 2.05) is 18.2 Å². The van der Waals surface area contributed by atoms with Gasteiger partial charge in [-0.05, 0) is 36.4 Å². The fourth-order valence-corrected chi connectivity index (χ4v) is 5.76. The number of fused-ring (bicyclic) bond motifs is 1. The van der Waals surface area contributed by atoms with Crippen LogP contribution in [0.2, 0.25) is 0 Å². The highest BCUT2D eigenvalue weighted by molar-refractivity contribution is 9.10. The number of nitrogens with zero attached hydrogens (tertiary/aromatic N) is 3. The third-order valence-electron chi connectivity index (χ3n) is 4.48. The van der Waals surface area contributed by atoms with Crippen molar-refractivity contribution < 1.29 is 8.42 Å². The van der Waals surface area contributed by atoms with Crippen molar-refractivity contribution in [2.24, 2.45) is 0 Å². The standard InChI is InChI=1S/C18H18BrN3O2S2/c19-14-5-7-15(8-6-14)26(23,24)22-11-9-21(10-12-22)13-18-20-16-3-1-2-4-17(16)25-18/h1-8H,9-13H2. The third-order valence-corrected chi connectivity index (χ3v) is 7.94. The van der Waals surface area contributed by atoms with Crippen LogP contribution in [0, 0.1) is 0 Å². The number of para-hydroxylation sites is 1. The van der Waals surface area contributed by atoms with E-state index < -0.39 is 10.0 Å². The summed E-state index contributed by atoms with van der Waals surface area (Å²) >= 11 is 5.05.